The number of aromatic nitrogens is 1. The molecular formula is C38H42N6O4. The van der Waals surface area contributed by atoms with Crippen LogP contribution in [0.25, 0.3) is 11.6 Å². The van der Waals surface area contributed by atoms with E-state index in [0.717, 1.165) is 50.4 Å². The van der Waals surface area contributed by atoms with Gasteiger partial charge in [-0.3, -0.25) is 19.3 Å². The van der Waals surface area contributed by atoms with Gasteiger partial charge in [-0.05, 0) is 68.6 Å². The van der Waals surface area contributed by atoms with Gasteiger partial charge in [0.15, 0.2) is 0 Å². The summed E-state index contributed by atoms with van der Waals surface area (Å²) in [7, 11) is 0. The molecule has 1 fully saturated rings. The first kappa shape index (κ1) is 32.7. The van der Waals surface area contributed by atoms with Crippen molar-refractivity contribution in [3.8, 4) is 11.5 Å². The quantitative estimate of drug-likeness (QED) is 0.174. The average molecular weight is 647 g/mol. The fourth-order valence-corrected chi connectivity index (χ4v) is 6.10. The zero-order valence-corrected chi connectivity index (χ0v) is 27.7. The van der Waals surface area contributed by atoms with Gasteiger partial charge in [-0.2, -0.15) is 0 Å². The van der Waals surface area contributed by atoms with E-state index in [1.807, 2.05) is 36.1 Å². The Kier molecular flexibility index (Phi) is 10.0. The van der Waals surface area contributed by atoms with Gasteiger partial charge in [-0.25, -0.2) is 0 Å². The first-order valence-electron chi connectivity index (χ1n) is 16.6. The fourth-order valence-electron chi connectivity index (χ4n) is 6.10. The Bertz CT molecular complexity index is 1830. The van der Waals surface area contributed by atoms with Gasteiger partial charge in [0, 0.05) is 80.1 Å². The Balaban J connectivity index is 1.07. The highest BCUT2D eigenvalue weighted by Crippen LogP contribution is 2.37. The lowest BCUT2D eigenvalue weighted by atomic mass is 10.1. The standard InChI is InChI=1S/C38H42N6O4/c1-4-42(5-2)14-15-43-16-18-44(19-17-43)38(47)28-21-30(39-25-28)23-34-33-13-12-32(24-35(33)41-37(34)46)48-31-11-7-10-29(22-31)40-36(45)27-9-6-8-26(3)20-27/h6-13,20-25,39H,4-5,14-19H2,1-3H3,(H,40,45)(H,41,46). The Labute approximate surface area is 281 Å². The number of amides is 3. The SMILES string of the molecule is CCN(CC)CCN1CCN(C(=O)c2c[nH]c(C=C3C(=O)Nc4cc(Oc5cccc(NC(=O)c6cccc(C)c6)c5)ccc43)c2)CC1. The van der Waals surface area contributed by atoms with Crippen LogP contribution in [-0.4, -0.2) is 89.8 Å². The van der Waals surface area contributed by atoms with E-state index in [0.29, 0.717) is 58.4 Å². The number of aryl methyl sites for hydroxylation is 1. The zero-order valence-electron chi connectivity index (χ0n) is 27.7. The van der Waals surface area contributed by atoms with Gasteiger partial charge in [0.1, 0.15) is 11.5 Å². The number of benzene rings is 3. The Morgan fingerprint density at radius 1 is 0.917 bits per heavy atom. The third-order valence-electron chi connectivity index (χ3n) is 8.92. The summed E-state index contributed by atoms with van der Waals surface area (Å²) in [4.78, 5) is 48.9. The lowest BCUT2D eigenvalue weighted by Crippen LogP contribution is -2.50. The summed E-state index contributed by atoms with van der Waals surface area (Å²) in [5.41, 5.74) is 5.34. The maximum Gasteiger partial charge on any atom is 0.256 e. The molecule has 1 saturated heterocycles. The molecule has 0 saturated carbocycles. The van der Waals surface area contributed by atoms with Gasteiger partial charge < -0.3 is 30.2 Å². The van der Waals surface area contributed by atoms with Crippen molar-refractivity contribution in [1.82, 2.24) is 19.7 Å². The molecule has 0 aliphatic carbocycles. The normalized spacial score (nSPS) is 15.5. The van der Waals surface area contributed by atoms with Crippen molar-refractivity contribution in [2.45, 2.75) is 20.8 Å². The number of H-pyrrole nitrogens is 1. The molecular weight excluding hydrogens is 604 g/mol. The van der Waals surface area contributed by atoms with Gasteiger partial charge in [-0.1, -0.05) is 37.6 Å². The summed E-state index contributed by atoms with van der Waals surface area (Å²) in [6.45, 7) is 13.6. The summed E-state index contributed by atoms with van der Waals surface area (Å²) >= 11 is 0. The smallest absolute Gasteiger partial charge is 0.256 e. The third kappa shape index (κ3) is 7.67. The molecule has 48 heavy (non-hydrogen) atoms. The van der Waals surface area contributed by atoms with E-state index in [9.17, 15) is 14.4 Å². The highest BCUT2D eigenvalue weighted by atomic mass is 16.5. The van der Waals surface area contributed by atoms with Crippen molar-refractivity contribution in [2.75, 3.05) is 63.0 Å². The molecule has 3 amide bonds. The molecule has 3 heterocycles. The number of fused-ring (bicyclic) bond motifs is 1. The molecule has 4 aromatic rings. The molecule has 0 atom stereocenters. The minimum absolute atomic E-state index is 0.00356. The van der Waals surface area contributed by atoms with Crippen molar-refractivity contribution in [2.24, 2.45) is 0 Å². The Morgan fingerprint density at radius 3 is 2.46 bits per heavy atom. The number of aromatic amines is 1. The van der Waals surface area contributed by atoms with E-state index >= 15 is 0 Å². The lowest BCUT2D eigenvalue weighted by molar-refractivity contribution is -0.110. The maximum atomic E-state index is 13.3. The van der Waals surface area contributed by atoms with E-state index in [2.05, 4.69) is 39.3 Å². The first-order valence-corrected chi connectivity index (χ1v) is 16.6. The Hall–Kier alpha value is -5.19. The lowest BCUT2D eigenvalue weighted by Gasteiger charge is -2.35. The molecule has 1 aromatic heterocycles. The highest BCUT2D eigenvalue weighted by molar-refractivity contribution is 6.35. The minimum atomic E-state index is -0.230. The van der Waals surface area contributed by atoms with Crippen LogP contribution < -0.4 is 15.4 Å². The first-order chi connectivity index (χ1) is 23.3. The van der Waals surface area contributed by atoms with Crippen LogP contribution in [0.1, 0.15) is 51.4 Å². The second-order valence-corrected chi connectivity index (χ2v) is 12.2. The zero-order chi connectivity index (χ0) is 33.6. The summed E-state index contributed by atoms with van der Waals surface area (Å²) < 4.78 is 6.09. The topological polar surface area (TPSA) is 110 Å². The maximum absolute atomic E-state index is 13.3. The predicted octanol–water partition coefficient (Wildman–Crippen LogP) is 5.96. The van der Waals surface area contributed by atoms with Crippen molar-refractivity contribution in [3.63, 3.8) is 0 Å². The molecule has 3 aromatic carbocycles. The number of nitrogens with one attached hydrogen (secondary N) is 3. The van der Waals surface area contributed by atoms with Crippen molar-refractivity contribution >= 4 is 40.7 Å². The Morgan fingerprint density at radius 2 is 1.69 bits per heavy atom. The molecule has 0 radical (unpaired) electrons. The average Bonchev–Trinajstić information content (AvgIpc) is 3.69. The van der Waals surface area contributed by atoms with Crippen LogP contribution in [-0.2, 0) is 4.79 Å². The molecule has 0 unspecified atom stereocenters. The van der Waals surface area contributed by atoms with Gasteiger partial charge in [-0.15, -0.1) is 0 Å². The number of hydrogen-bond acceptors (Lipinski definition) is 6. The molecule has 3 N–H and O–H groups in total. The monoisotopic (exact) mass is 646 g/mol. The van der Waals surface area contributed by atoms with Crippen LogP contribution >= 0.6 is 0 Å². The van der Waals surface area contributed by atoms with Gasteiger partial charge >= 0.3 is 0 Å². The molecule has 6 rings (SSSR count). The van der Waals surface area contributed by atoms with Crippen LogP contribution in [0.3, 0.4) is 0 Å². The molecule has 2 aliphatic heterocycles. The molecule has 2 aliphatic rings. The number of ether oxygens (including phenoxy) is 1. The number of likely N-dealkylation sites (N-methyl/N-ethyl adjacent to an activating group) is 1. The van der Waals surface area contributed by atoms with Crippen LogP contribution in [0.4, 0.5) is 11.4 Å². The van der Waals surface area contributed by atoms with E-state index < -0.39 is 0 Å². The van der Waals surface area contributed by atoms with Crippen molar-refractivity contribution < 1.29 is 19.1 Å². The number of rotatable bonds is 11. The van der Waals surface area contributed by atoms with E-state index in [1.54, 1.807) is 60.8 Å². The molecule has 10 heteroatoms. The van der Waals surface area contributed by atoms with Crippen LogP contribution in [0, 0.1) is 6.92 Å². The number of hydrogen-bond donors (Lipinski definition) is 3. The summed E-state index contributed by atoms with van der Waals surface area (Å²) in [6.07, 6.45) is 3.48. The van der Waals surface area contributed by atoms with Crippen LogP contribution in [0.2, 0.25) is 0 Å². The third-order valence-corrected chi connectivity index (χ3v) is 8.92. The number of piperazine rings is 1. The minimum Gasteiger partial charge on any atom is -0.457 e. The van der Waals surface area contributed by atoms with Crippen LogP contribution in [0.15, 0.2) is 79.0 Å². The van der Waals surface area contributed by atoms with Crippen molar-refractivity contribution in [3.05, 3.63) is 107 Å². The van der Waals surface area contributed by atoms with Crippen LogP contribution in [0.5, 0.6) is 11.5 Å². The second-order valence-electron chi connectivity index (χ2n) is 12.2. The summed E-state index contributed by atoms with van der Waals surface area (Å²) in [6, 6.07) is 21.8. The largest absolute Gasteiger partial charge is 0.457 e. The molecule has 10 nitrogen and oxygen atoms in total. The van der Waals surface area contributed by atoms with E-state index in [4.69, 9.17) is 4.74 Å². The number of carbonyl (C=O) groups is 3. The highest BCUT2D eigenvalue weighted by Gasteiger charge is 2.26. The van der Waals surface area contributed by atoms with E-state index in [-0.39, 0.29) is 17.7 Å². The second kappa shape index (κ2) is 14.7. The number of anilines is 2. The van der Waals surface area contributed by atoms with Gasteiger partial charge in [0.05, 0.1) is 16.8 Å². The van der Waals surface area contributed by atoms with Gasteiger partial charge in [0.2, 0.25) is 0 Å². The van der Waals surface area contributed by atoms with Crippen molar-refractivity contribution in [1.29, 1.82) is 0 Å². The molecule has 248 valence electrons. The molecule has 0 bridgehead atoms. The number of carbonyl (C=O) groups excluding carboxylic acids is 3. The number of nitrogens with zero attached hydrogens (tertiary/aromatic N) is 3. The summed E-state index contributed by atoms with van der Waals surface area (Å²) in [5, 5.41) is 5.84. The summed E-state index contributed by atoms with van der Waals surface area (Å²) in [5.74, 6) is 0.649. The van der Waals surface area contributed by atoms with Gasteiger partial charge in [0.25, 0.3) is 17.7 Å². The predicted molar refractivity (Wildman–Crippen MR) is 190 cm³/mol. The molecule has 0 spiro atoms. The fraction of sp³-hybridized carbons (Fsp3) is 0.289. The van der Waals surface area contributed by atoms with E-state index in [1.165, 1.54) is 0 Å².